The van der Waals surface area contributed by atoms with E-state index in [-0.39, 0.29) is 17.7 Å². The van der Waals surface area contributed by atoms with E-state index in [2.05, 4.69) is 5.10 Å². The van der Waals surface area contributed by atoms with E-state index in [1.54, 1.807) is 27.1 Å². The number of rotatable bonds is 5. The van der Waals surface area contributed by atoms with Crippen molar-refractivity contribution >= 4 is 40.5 Å². The normalized spacial score (nSPS) is 12.2. The van der Waals surface area contributed by atoms with Gasteiger partial charge in [-0.15, -0.1) is 0 Å². The highest BCUT2D eigenvalue weighted by Crippen LogP contribution is 2.22. The molecule has 21 heavy (non-hydrogen) atoms. The number of hydrogen-bond acceptors (Lipinski definition) is 5. The minimum absolute atomic E-state index is 0.0739. The largest absolute Gasteiger partial charge is 0.506 e. The number of aliphatic hydroxyl groups excluding tert-OH is 1. The molecule has 1 aromatic carbocycles. The van der Waals surface area contributed by atoms with E-state index in [9.17, 15) is 14.3 Å². The number of esters is 1. The van der Waals surface area contributed by atoms with Crippen LogP contribution in [0.25, 0.3) is 5.76 Å². The maximum atomic E-state index is 13.8. The predicted molar refractivity (Wildman–Crippen MR) is 87.5 cm³/mol. The first-order valence-corrected chi connectivity index (χ1v) is 7.21. The van der Waals surface area contributed by atoms with Crippen LogP contribution in [-0.4, -0.2) is 43.0 Å². The van der Waals surface area contributed by atoms with Crippen LogP contribution >= 0.6 is 22.6 Å². The lowest BCUT2D eigenvalue weighted by Crippen LogP contribution is -2.13. The van der Waals surface area contributed by atoms with Gasteiger partial charge in [-0.1, -0.05) is 0 Å². The van der Waals surface area contributed by atoms with Crippen molar-refractivity contribution in [2.45, 2.75) is 6.92 Å². The van der Waals surface area contributed by atoms with Gasteiger partial charge in [0.1, 0.15) is 17.1 Å². The summed E-state index contributed by atoms with van der Waals surface area (Å²) in [5.41, 5.74) is -0.276. The topological polar surface area (TPSA) is 62.1 Å². The fraction of sp³-hybridized carbons (Fsp3) is 0.286. The second-order valence-electron chi connectivity index (χ2n) is 4.20. The SMILES string of the molecule is CCOC(=O)C(C=NN(C)C)=C(O)c1cc(I)ccc1F. The number of benzene rings is 1. The molecule has 114 valence electrons. The quantitative estimate of drug-likeness (QED) is 0.204. The van der Waals surface area contributed by atoms with Crippen LogP contribution < -0.4 is 0 Å². The van der Waals surface area contributed by atoms with Gasteiger partial charge in [0.05, 0.1) is 18.4 Å². The van der Waals surface area contributed by atoms with Gasteiger partial charge in [-0.05, 0) is 47.7 Å². The third-order valence-electron chi connectivity index (χ3n) is 2.35. The average Bonchev–Trinajstić information content (AvgIpc) is 2.41. The number of ether oxygens (including phenoxy) is 1. The van der Waals surface area contributed by atoms with E-state index in [0.29, 0.717) is 0 Å². The number of halogens is 2. The summed E-state index contributed by atoms with van der Waals surface area (Å²) >= 11 is 1.99. The number of carbonyl (C=O) groups is 1. The summed E-state index contributed by atoms with van der Waals surface area (Å²) in [6.07, 6.45) is 1.15. The van der Waals surface area contributed by atoms with Crippen molar-refractivity contribution in [1.29, 1.82) is 0 Å². The van der Waals surface area contributed by atoms with E-state index < -0.39 is 17.5 Å². The summed E-state index contributed by atoms with van der Waals surface area (Å²) in [7, 11) is 3.31. The first-order valence-electron chi connectivity index (χ1n) is 6.13. The fourth-order valence-electron chi connectivity index (χ4n) is 1.42. The van der Waals surface area contributed by atoms with E-state index in [1.807, 2.05) is 22.6 Å². The molecule has 0 aliphatic rings. The van der Waals surface area contributed by atoms with Gasteiger partial charge >= 0.3 is 5.97 Å². The Bertz CT molecular complexity index is 586. The van der Waals surface area contributed by atoms with Crippen LogP contribution in [0.4, 0.5) is 4.39 Å². The molecule has 0 saturated carbocycles. The van der Waals surface area contributed by atoms with Gasteiger partial charge in [0, 0.05) is 17.7 Å². The molecule has 1 aromatic rings. The molecule has 7 heteroatoms. The van der Waals surface area contributed by atoms with Crippen molar-refractivity contribution in [2.75, 3.05) is 20.7 Å². The van der Waals surface area contributed by atoms with E-state index in [1.165, 1.54) is 17.1 Å². The molecular weight excluding hydrogens is 390 g/mol. The molecule has 5 nitrogen and oxygen atoms in total. The maximum Gasteiger partial charge on any atom is 0.343 e. The minimum Gasteiger partial charge on any atom is -0.506 e. The molecule has 0 amide bonds. The van der Waals surface area contributed by atoms with Crippen molar-refractivity contribution < 1.29 is 19.0 Å². The molecule has 0 unspecified atom stereocenters. The average molecular weight is 406 g/mol. The Morgan fingerprint density at radius 1 is 1.52 bits per heavy atom. The predicted octanol–water partition coefficient (Wildman–Crippen LogP) is 2.81. The second kappa shape index (κ2) is 7.96. The Morgan fingerprint density at radius 2 is 2.19 bits per heavy atom. The van der Waals surface area contributed by atoms with Crippen LogP contribution in [0.3, 0.4) is 0 Å². The van der Waals surface area contributed by atoms with Gasteiger partial charge in [-0.3, -0.25) is 0 Å². The van der Waals surface area contributed by atoms with Gasteiger partial charge in [-0.25, -0.2) is 9.18 Å². The van der Waals surface area contributed by atoms with E-state index in [4.69, 9.17) is 4.74 Å². The van der Waals surface area contributed by atoms with E-state index >= 15 is 0 Å². The number of hydrogen-bond donors (Lipinski definition) is 1. The number of nitrogens with zero attached hydrogens (tertiary/aromatic N) is 2. The standard InChI is InChI=1S/C14H16FIN2O3/c1-4-21-14(20)11(8-17-18(2)3)13(19)10-7-9(16)5-6-12(10)15/h5-8,19H,4H2,1-3H3. The third kappa shape index (κ3) is 5.00. The van der Waals surface area contributed by atoms with Crippen molar-refractivity contribution in [3.63, 3.8) is 0 Å². The zero-order valence-corrected chi connectivity index (χ0v) is 14.1. The van der Waals surface area contributed by atoms with Crippen LogP contribution in [0.1, 0.15) is 12.5 Å². The van der Waals surface area contributed by atoms with Gasteiger partial charge in [0.2, 0.25) is 0 Å². The van der Waals surface area contributed by atoms with Crippen molar-refractivity contribution in [2.24, 2.45) is 5.10 Å². The molecule has 0 aliphatic heterocycles. The molecule has 0 radical (unpaired) electrons. The lowest BCUT2D eigenvalue weighted by Gasteiger charge is -2.09. The molecule has 0 atom stereocenters. The summed E-state index contributed by atoms with van der Waals surface area (Å²) in [5, 5.41) is 15.6. The zero-order chi connectivity index (χ0) is 16.0. The van der Waals surface area contributed by atoms with Crippen LogP contribution in [0.2, 0.25) is 0 Å². The van der Waals surface area contributed by atoms with Crippen molar-refractivity contribution in [3.8, 4) is 0 Å². The summed E-state index contributed by atoms with van der Waals surface area (Å²) in [4.78, 5) is 11.9. The van der Waals surface area contributed by atoms with Gasteiger partial charge < -0.3 is 14.9 Å². The van der Waals surface area contributed by atoms with Gasteiger partial charge in [0.25, 0.3) is 0 Å². The van der Waals surface area contributed by atoms with Crippen LogP contribution in [0, 0.1) is 9.39 Å². The molecule has 1 N–H and O–H groups in total. The van der Waals surface area contributed by atoms with Crippen molar-refractivity contribution in [3.05, 3.63) is 38.7 Å². The number of hydrazone groups is 1. The second-order valence-corrected chi connectivity index (χ2v) is 5.44. The Hall–Kier alpha value is -1.64. The molecule has 0 saturated heterocycles. The van der Waals surface area contributed by atoms with E-state index in [0.717, 1.165) is 9.78 Å². The zero-order valence-electron chi connectivity index (χ0n) is 11.9. The van der Waals surface area contributed by atoms with Crippen LogP contribution in [0.5, 0.6) is 0 Å². The summed E-state index contributed by atoms with van der Waals surface area (Å²) in [5.74, 6) is -1.90. The monoisotopic (exact) mass is 406 g/mol. The Balaban J connectivity index is 3.37. The molecule has 0 spiro atoms. The molecule has 0 bridgehead atoms. The third-order valence-corrected chi connectivity index (χ3v) is 3.02. The molecule has 0 heterocycles. The highest BCUT2D eigenvalue weighted by atomic mass is 127. The Kier molecular flexibility index (Phi) is 6.60. The van der Waals surface area contributed by atoms with Crippen molar-refractivity contribution in [1.82, 2.24) is 5.01 Å². The number of aliphatic hydroxyl groups is 1. The fourth-order valence-corrected chi connectivity index (χ4v) is 1.91. The first-order chi connectivity index (χ1) is 9.86. The smallest absolute Gasteiger partial charge is 0.343 e. The lowest BCUT2D eigenvalue weighted by molar-refractivity contribution is -0.137. The van der Waals surface area contributed by atoms with Gasteiger partial charge in [0.15, 0.2) is 0 Å². The molecule has 0 aromatic heterocycles. The lowest BCUT2D eigenvalue weighted by atomic mass is 10.1. The highest BCUT2D eigenvalue weighted by Gasteiger charge is 2.19. The first kappa shape index (κ1) is 17.4. The molecular formula is C14H16FIN2O3. The Morgan fingerprint density at radius 3 is 2.76 bits per heavy atom. The highest BCUT2D eigenvalue weighted by molar-refractivity contribution is 14.1. The minimum atomic E-state index is -0.765. The maximum absolute atomic E-state index is 13.8. The summed E-state index contributed by atoms with van der Waals surface area (Å²) < 4.78 is 19.4. The Labute approximate surface area is 136 Å². The van der Waals surface area contributed by atoms with Crippen LogP contribution in [-0.2, 0) is 9.53 Å². The molecule has 0 fully saturated rings. The summed E-state index contributed by atoms with van der Waals surface area (Å²) in [6, 6.07) is 4.22. The molecule has 1 rings (SSSR count). The van der Waals surface area contributed by atoms with Gasteiger partial charge in [-0.2, -0.15) is 5.10 Å². The van der Waals surface area contributed by atoms with Crippen LogP contribution in [0.15, 0.2) is 28.9 Å². The summed E-state index contributed by atoms with van der Waals surface area (Å²) in [6.45, 7) is 1.78. The number of carbonyl (C=O) groups excluding carboxylic acids is 1. The molecule has 0 aliphatic carbocycles.